The monoisotopic (exact) mass is 479 g/mol. The summed E-state index contributed by atoms with van der Waals surface area (Å²) in [5, 5.41) is 2.72. The van der Waals surface area contributed by atoms with Crippen molar-refractivity contribution in [2.45, 2.75) is 36.6 Å². The molecule has 2 N–H and O–H groups in total. The smallest absolute Gasteiger partial charge is 0.251 e. The Morgan fingerprint density at radius 3 is 2.25 bits per heavy atom. The predicted octanol–water partition coefficient (Wildman–Crippen LogP) is 2.19. The largest absolute Gasteiger partial charge is 0.348 e. The molecule has 1 aliphatic rings. The second kappa shape index (κ2) is 9.70. The van der Waals surface area contributed by atoms with Crippen LogP contribution in [0.2, 0.25) is 0 Å². The van der Waals surface area contributed by atoms with E-state index in [4.69, 9.17) is 0 Å². The molecule has 0 aliphatic carbocycles. The molecule has 1 heterocycles. The van der Waals surface area contributed by atoms with Gasteiger partial charge in [0.05, 0.1) is 9.79 Å². The maximum atomic E-state index is 13.1. The Hall–Kier alpha value is -2.27. The molecule has 2 aromatic carbocycles. The fourth-order valence-corrected chi connectivity index (χ4v) is 6.50. The molecule has 1 fully saturated rings. The fourth-order valence-electron chi connectivity index (χ4n) is 3.97. The maximum absolute atomic E-state index is 13.1. The van der Waals surface area contributed by atoms with Gasteiger partial charge in [0.15, 0.2) is 0 Å². The number of hydrogen-bond acceptors (Lipinski definition) is 5. The number of nitrogens with zero attached hydrogens (tertiary/aromatic N) is 1. The molecule has 32 heavy (non-hydrogen) atoms. The molecule has 0 bridgehead atoms. The molecular formula is C22H29N3O5S2. The zero-order valence-electron chi connectivity index (χ0n) is 18.4. The molecule has 0 radical (unpaired) electrons. The van der Waals surface area contributed by atoms with Gasteiger partial charge in [0.25, 0.3) is 5.91 Å². The third kappa shape index (κ3) is 5.55. The number of hydrogen-bond donors (Lipinski definition) is 2. The minimum absolute atomic E-state index is 0.0913. The van der Waals surface area contributed by atoms with Gasteiger partial charge in [-0.1, -0.05) is 32.0 Å². The van der Waals surface area contributed by atoms with Crippen molar-refractivity contribution >= 4 is 26.0 Å². The highest BCUT2D eigenvalue weighted by Gasteiger charge is 2.32. The zero-order chi connectivity index (χ0) is 23.5. The molecule has 3 rings (SSSR count). The molecule has 8 nitrogen and oxygen atoms in total. The van der Waals surface area contributed by atoms with E-state index in [9.17, 15) is 21.6 Å². The quantitative estimate of drug-likeness (QED) is 0.632. The van der Waals surface area contributed by atoms with Crippen LogP contribution < -0.4 is 10.0 Å². The third-order valence-corrected chi connectivity index (χ3v) is 8.74. The van der Waals surface area contributed by atoms with E-state index in [0.717, 1.165) is 6.42 Å². The van der Waals surface area contributed by atoms with Gasteiger partial charge >= 0.3 is 0 Å². The van der Waals surface area contributed by atoms with Crippen molar-refractivity contribution in [2.24, 2.45) is 11.8 Å². The molecule has 1 amide bonds. The lowest BCUT2D eigenvalue weighted by Gasteiger charge is -2.34. The summed E-state index contributed by atoms with van der Waals surface area (Å²) in [5.41, 5.74) is 0.831. The summed E-state index contributed by atoms with van der Waals surface area (Å²) in [5.74, 6) is 0.120. The van der Waals surface area contributed by atoms with Gasteiger partial charge in [0.1, 0.15) is 0 Å². The Labute approximate surface area is 190 Å². The number of amides is 1. The molecular weight excluding hydrogens is 450 g/mol. The van der Waals surface area contributed by atoms with Crippen LogP contribution in [0.15, 0.2) is 58.3 Å². The number of rotatable bonds is 7. The van der Waals surface area contributed by atoms with E-state index in [2.05, 4.69) is 10.0 Å². The Bertz CT molecular complexity index is 1190. The number of piperidine rings is 1. The van der Waals surface area contributed by atoms with Crippen LogP contribution in [0.4, 0.5) is 0 Å². The average Bonchev–Trinajstić information content (AvgIpc) is 2.77. The highest BCUT2D eigenvalue weighted by molar-refractivity contribution is 7.89. The predicted molar refractivity (Wildman–Crippen MR) is 122 cm³/mol. The standard InChI is InChI=1S/C22H29N3O5S2/c1-16-10-17(2)15-25(14-16)32(29,30)21-9-5-7-19(12-21)22(26)24-13-18-6-4-8-20(11-18)31(27,28)23-3/h4-9,11-12,16-17,23H,10,13-15H2,1-3H3,(H,24,26). The molecule has 2 aromatic rings. The second-order valence-corrected chi connectivity index (χ2v) is 12.2. The number of benzene rings is 2. The van der Waals surface area contributed by atoms with E-state index in [1.165, 1.54) is 35.6 Å². The first kappa shape index (κ1) is 24.4. The van der Waals surface area contributed by atoms with Crippen LogP contribution in [-0.4, -0.2) is 47.2 Å². The van der Waals surface area contributed by atoms with E-state index in [0.29, 0.717) is 18.7 Å². The van der Waals surface area contributed by atoms with E-state index in [-0.39, 0.29) is 33.7 Å². The second-order valence-electron chi connectivity index (χ2n) is 8.33. The Morgan fingerprint density at radius 2 is 1.59 bits per heavy atom. The van der Waals surface area contributed by atoms with Crippen molar-refractivity contribution < 1.29 is 21.6 Å². The van der Waals surface area contributed by atoms with Gasteiger partial charge in [0.2, 0.25) is 20.0 Å². The van der Waals surface area contributed by atoms with Crippen LogP contribution in [-0.2, 0) is 26.6 Å². The van der Waals surface area contributed by atoms with Gasteiger partial charge in [-0.25, -0.2) is 21.6 Å². The van der Waals surface area contributed by atoms with Crippen LogP contribution in [0.1, 0.15) is 36.2 Å². The van der Waals surface area contributed by atoms with Crippen molar-refractivity contribution in [1.82, 2.24) is 14.3 Å². The summed E-state index contributed by atoms with van der Waals surface area (Å²) in [7, 11) is -5.95. The fraction of sp³-hybridized carbons (Fsp3) is 0.409. The molecule has 0 aromatic heterocycles. The van der Waals surface area contributed by atoms with Crippen LogP contribution in [0.3, 0.4) is 0 Å². The number of nitrogens with one attached hydrogen (secondary N) is 2. The molecule has 174 valence electrons. The number of carbonyl (C=O) groups is 1. The lowest BCUT2D eigenvalue weighted by molar-refractivity contribution is 0.0950. The Morgan fingerprint density at radius 1 is 0.969 bits per heavy atom. The summed E-state index contributed by atoms with van der Waals surface area (Å²) in [4.78, 5) is 12.9. The summed E-state index contributed by atoms with van der Waals surface area (Å²) >= 11 is 0. The molecule has 0 saturated carbocycles. The Balaban J connectivity index is 1.74. The van der Waals surface area contributed by atoms with Crippen molar-refractivity contribution in [3.05, 3.63) is 59.7 Å². The lowest BCUT2D eigenvalue weighted by Crippen LogP contribution is -2.42. The Kier molecular flexibility index (Phi) is 7.39. The SMILES string of the molecule is CNS(=O)(=O)c1cccc(CNC(=O)c2cccc(S(=O)(=O)N3CC(C)CC(C)C3)c2)c1. The number of carbonyl (C=O) groups excluding carboxylic acids is 1. The van der Waals surface area contributed by atoms with Crippen molar-refractivity contribution in [2.75, 3.05) is 20.1 Å². The maximum Gasteiger partial charge on any atom is 0.251 e. The highest BCUT2D eigenvalue weighted by atomic mass is 32.2. The molecule has 2 unspecified atom stereocenters. The molecule has 10 heteroatoms. The van der Waals surface area contributed by atoms with Crippen molar-refractivity contribution in [3.8, 4) is 0 Å². The molecule has 2 atom stereocenters. The van der Waals surface area contributed by atoms with E-state index in [1.54, 1.807) is 24.3 Å². The van der Waals surface area contributed by atoms with E-state index in [1.807, 2.05) is 13.8 Å². The molecule has 0 spiro atoms. The van der Waals surface area contributed by atoms with Crippen molar-refractivity contribution in [1.29, 1.82) is 0 Å². The molecule has 1 aliphatic heterocycles. The first-order valence-electron chi connectivity index (χ1n) is 10.4. The van der Waals surface area contributed by atoms with Crippen LogP contribution in [0, 0.1) is 11.8 Å². The summed E-state index contributed by atoms with van der Waals surface area (Å²) in [6.45, 7) is 5.12. The van der Waals surface area contributed by atoms with Crippen LogP contribution in [0.25, 0.3) is 0 Å². The summed E-state index contributed by atoms with van der Waals surface area (Å²) in [6.07, 6.45) is 0.991. The topological polar surface area (TPSA) is 113 Å². The van der Waals surface area contributed by atoms with Gasteiger partial charge in [-0.3, -0.25) is 4.79 Å². The summed E-state index contributed by atoms with van der Waals surface area (Å²) in [6, 6.07) is 12.2. The zero-order valence-corrected chi connectivity index (χ0v) is 20.0. The van der Waals surface area contributed by atoms with E-state index >= 15 is 0 Å². The molecule has 1 saturated heterocycles. The summed E-state index contributed by atoms with van der Waals surface area (Å²) < 4.78 is 53.9. The normalized spacial score (nSPS) is 20.1. The first-order chi connectivity index (χ1) is 15.0. The van der Waals surface area contributed by atoms with Gasteiger partial charge in [0, 0.05) is 25.2 Å². The van der Waals surface area contributed by atoms with Crippen molar-refractivity contribution in [3.63, 3.8) is 0 Å². The highest BCUT2D eigenvalue weighted by Crippen LogP contribution is 2.27. The van der Waals surface area contributed by atoms with Crippen LogP contribution in [0.5, 0.6) is 0 Å². The van der Waals surface area contributed by atoms with Gasteiger partial charge in [-0.2, -0.15) is 4.31 Å². The van der Waals surface area contributed by atoms with Gasteiger partial charge in [-0.15, -0.1) is 0 Å². The number of sulfonamides is 2. The van der Waals surface area contributed by atoms with Crippen LogP contribution >= 0.6 is 0 Å². The van der Waals surface area contributed by atoms with Gasteiger partial charge in [-0.05, 0) is 61.2 Å². The average molecular weight is 480 g/mol. The minimum atomic E-state index is -3.70. The first-order valence-corrected chi connectivity index (χ1v) is 13.4. The third-order valence-electron chi connectivity index (χ3n) is 5.50. The lowest BCUT2D eigenvalue weighted by atomic mass is 9.94. The van der Waals surface area contributed by atoms with E-state index < -0.39 is 26.0 Å². The van der Waals surface area contributed by atoms with Gasteiger partial charge < -0.3 is 5.32 Å². The minimum Gasteiger partial charge on any atom is -0.348 e.